The molecule has 6 heteroatoms. The number of ether oxygens (including phenoxy) is 3. The molecule has 2 heterocycles. The quantitative estimate of drug-likeness (QED) is 0.887. The lowest BCUT2D eigenvalue weighted by Gasteiger charge is -2.12. The third kappa shape index (κ3) is 2.86. The van der Waals surface area contributed by atoms with Crippen molar-refractivity contribution in [2.75, 3.05) is 13.3 Å². The van der Waals surface area contributed by atoms with Crippen LogP contribution in [0.25, 0.3) is 0 Å². The maximum atomic E-state index is 5.87. The summed E-state index contributed by atoms with van der Waals surface area (Å²) < 4.78 is 16.7. The largest absolute Gasteiger partial charge is 0.487 e. The summed E-state index contributed by atoms with van der Waals surface area (Å²) in [6.45, 7) is 4.44. The Kier molecular flexibility index (Phi) is 4.03. The summed E-state index contributed by atoms with van der Waals surface area (Å²) in [7, 11) is 0. The Bertz CT molecular complexity index is 572. The monoisotopic (exact) mass is 292 g/mol. The molecule has 0 fully saturated rings. The van der Waals surface area contributed by atoms with Gasteiger partial charge in [0.1, 0.15) is 12.4 Å². The van der Waals surface area contributed by atoms with Crippen LogP contribution in [0.15, 0.2) is 23.0 Å². The van der Waals surface area contributed by atoms with Gasteiger partial charge in [-0.2, -0.15) is 0 Å². The molecule has 0 bridgehead atoms. The minimum atomic E-state index is 0.269. The number of rotatable bonds is 6. The van der Waals surface area contributed by atoms with Crippen molar-refractivity contribution in [2.24, 2.45) is 0 Å². The van der Waals surface area contributed by atoms with Gasteiger partial charge in [-0.3, -0.25) is 0 Å². The van der Waals surface area contributed by atoms with Gasteiger partial charge in [0.2, 0.25) is 6.79 Å². The summed E-state index contributed by atoms with van der Waals surface area (Å²) in [5.41, 5.74) is 3.80. The lowest BCUT2D eigenvalue weighted by atomic mass is 10.1. The van der Waals surface area contributed by atoms with Gasteiger partial charge in [-0.15, -0.1) is 11.3 Å². The molecule has 1 aliphatic heterocycles. The Morgan fingerprint density at radius 3 is 2.95 bits per heavy atom. The maximum Gasteiger partial charge on any atom is 0.231 e. The number of hydrogen-bond donors (Lipinski definition) is 1. The molecule has 0 spiro atoms. The van der Waals surface area contributed by atoms with Crippen molar-refractivity contribution >= 4 is 11.3 Å². The van der Waals surface area contributed by atoms with Crippen molar-refractivity contribution in [3.05, 3.63) is 34.3 Å². The topological polar surface area (TPSA) is 52.6 Å². The summed E-state index contributed by atoms with van der Waals surface area (Å²) >= 11 is 1.56. The first-order chi connectivity index (χ1) is 9.86. The van der Waals surface area contributed by atoms with Crippen molar-refractivity contribution in [3.8, 4) is 17.2 Å². The molecule has 3 rings (SSSR count). The fourth-order valence-corrected chi connectivity index (χ4v) is 2.50. The molecule has 0 saturated carbocycles. The highest BCUT2D eigenvalue weighted by Gasteiger charge is 2.18. The number of fused-ring (bicyclic) bond motifs is 1. The number of benzene rings is 1. The molecule has 20 heavy (non-hydrogen) atoms. The van der Waals surface area contributed by atoms with Crippen LogP contribution in [0, 0.1) is 0 Å². The predicted molar refractivity (Wildman–Crippen MR) is 76.4 cm³/mol. The van der Waals surface area contributed by atoms with E-state index in [9.17, 15) is 0 Å². The first kappa shape index (κ1) is 13.2. The van der Waals surface area contributed by atoms with E-state index in [0.717, 1.165) is 41.6 Å². The van der Waals surface area contributed by atoms with Crippen LogP contribution in [0.3, 0.4) is 0 Å². The maximum absolute atomic E-state index is 5.87. The van der Waals surface area contributed by atoms with E-state index in [-0.39, 0.29) is 6.79 Å². The number of nitrogens with one attached hydrogen (secondary N) is 1. The second-order valence-electron chi connectivity index (χ2n) is 4.36. The second kappa shape index (κ2) is 6.11. The summed E-state index contributed by atoms with van der Waals surface area (Å²) in [5.74, 6) is 2.32. The molecule has 1 aromatic heterocycles. The average Bonchev–Trinajstić information content (AvgIpc) is 3.12. The fourth-order valence-electron chi connectivity index (χ4n) is 1.96. The van der Waals surface area contributed by atoms with E-state index in [4.69, 9.17) is 14.2 Å². The van der Waals surface area contributed by atoms with Crippen molar-refractivity contribution in [1.82, 2.24) is 10.3 Å². The average molecular weight is 292 g/mol. The number of thiazole rings is 1. The summed E-state index contributed by atoms with van der Waals surface area (Å²) in [6, 6.07) is 3.86. The fraction of sp³-hybridized carbons (Fsp3) is 0.357. The van der Waals surface area contributed by atoms with Crippen molar-refractivity contribution in [1.29, 1.82) is 0 Å². The van der Waals surface area contributed by atoms with Gasteiger partial charge in [0.15, 0.2) is 11.5 Å². The predicted octanol–water partition coefficient (Wildman–Crippen LogP) is 2.56. The molecule has 1 aliphatic rings. The van der Waals surface area contributed by atoms with E-state index in [0.29, 0.717) is 6.61 Å². The van der Waals surface area contributed by atoms with Crippen molar-refractivity contribution < 1.29 is 14.2 Å². The third-order valence-electron chi connectivity index (χ3n) is 2.98. The lowest BCUT2D eigenvalue weighted by Crippen LogP contribution is -2.13. The molecule has 0 aliphatic carbocycles. The zero-order valence-corrected chi connectivity index (χ0v) is 12.0. The second-order valence-corrected chi connectivity index (χ2v) is 5.08. The Labute approximate surface area is 121 Å². The molecule has 5 nitrogen and oxygen atoms in total. The van der Waals surface area contributed by atoms with E-state index >= 15 is 0 Å². The minimum Gasteiger partial charge on any atom is -0.487 e. The van der Waals surface area contributed by atoms with Crippen LogP contribution in [0.4, 0.5) is 0 Å². The van der Waals surface area contributed by atoms with Gasteiger partial charge in [-0.1, -0.05) is 6.92 Å². The van der Waals surface area contributed by atoms with Crippen LogP contribution in [0.2, 0.25) is 0 Å². The Hall–Kier alpha value is -1.79. The van der Waals surface area contributed by atoms with Gasteiger partial charge in [0, 0.05) is 23.6 Å². The summed E-state index contributed by atoms with van der Waals surface area (Å²) in [4.78, 5) is 4.22. The highest BCUT2D eigenvalue weighted by molar-refractivity contribution is 7.07. The Morgan fingerprint density at radius 1 is 1.35 bits per heavy atom. The summed E-state index contributed by atoms with van der Waals surface area (Å²) in [5, 5.41) is 5.28. The van der Waals surface area contributed by atoms with Crippen LogP contribution >= 0.6 is 11.3 Å². The minimum absolute atomic E-state index is 0.269. The highest BCUT2D eigenvalue weighted by atomic mass is 32.1. The number of hydrogen-bond acceptors (Lipinski definition) is 6. The number of aromatic nitrogens is 1. The van der Waals surface area contributed by atoms with Crippen molar-refractivity contribution in [3.63, 3.8) is 0 Å². The van der Waals surface area contributed by atoms with Crippen LogP contribution in [-0.2, 0) is 13.2 Å². The first-order valence-electron chi connectivity index (χ1n) is 6.50. The summed E-state index contributed by atoms with van der Waals surface area (Å²) in [6.07, 6.45) is 0. The van der Waals surface area contributed by atoms with Gasteiger partial charge >= 0.3 is 0 Å². The molecular weight excluding hydrogens is 276 g/mol. The van der Waals surface area contributed by atoms with Gasteiger partial charge in [0.25, 0.3) is 0 Å². The smallest absolute Gasteiger partial charge is 0.231 e. The molecule has 0 atom stereocenters. The third-order valence-corrected chi connectivity index (χ3v) is 3.62. The van der Waals surface area contributed by atoms with E-state index in [1.807, 2.05) is 17.5 Å². The molecular formula is C14H16N2O3S. The van der Waals surface area contributed by atoms with E-state index in [1.165, 1.54) is 0 Å². The van der Waals surface area contributed by atoms with Crippen LogP contribution < -0.4 is 19.5 Å². The molecule has 1 aromatic carbocycles. The number of nitrogens with zero attached hydrogens (tertiary/aromatic N) is 1. The van der Waals surface area contributed by atoms with Gasteiger partial charge in [-0.25, -0.2) is 4.98 Å². The first-order valence-corrected chi connectivity index (χ1v) is 7.44. The standard InChI is InChI=1S/C14H16N2O3S/c1-2-15-5-10-3-13-14(19-9-18-13)4-12(10)17-6-11-7-20-8-16-11/h3-4,7-8,15H,2,5-6,9H2,1H3. The SMILES string of the molecule is CCNCc1cc2c(cc1OCc1cscn1)OCO2. The molecule has 0 saturated heterocycles. The van der Waals surface area contributed by atoms with Gasteiger partial charge in [-0.05, 0) is 12.6 Å². The zero-order chi connectivity index (χ0) is 13.8. The van der Waals surface area contributed by atoms with E-state index in [2.05, 4.69) is 17.2 Å². The molecule has 1 N–H and O–H groups in total. The van der Waals surface area contributed by atoms with E-state index in [1.54, 1.807) is 16.8 Å². The Balaban J connectivity index is 1.79. The Morgan fingerprint density at radius 2 is 2.20 bits per heavy atom. The van der Waals surface area contributed by atoms with Crippen LogP contribution in [0.5, 0.6) is 17.2 Å². The molecule has 0 unspecified atom stereocenters. The van der Waals surface area contributed by atoms with E-state index < -0.39 is 0 Å². The van der Waals surface area contributed by atoms with Gasteiger partial charge in [0.05, 0.1) is 11.2 Å². The normalized spacial score (nSPS) is 12.7. The zero-order valence-electron chi connectivity index (χ0n) is 11.2. The van der Waals surface area contributed by atoms with Crippen molar-refractivity contribution in [2.45, 2.75) is 20.1 Å². The van der Waals surface area contributed by atoms with Crippen LogP contribution in [0.1, 0.15) is 18.2 Å². The lowest BCUT2D eigenvalue weighted by molar-refractivity contribution is 0.173. The van der Waals surface area contributed by atoms with Crippen LogP contribution in [-0.4, -0.2) is 18.3 Å². The molecule has 0 amide bonds. The molecule has 106 valence electrons. The molecule has 0 radical (unpaired) electrons. The van der Waals surface area contributed by atoms with Gasteiger partial charge < -0.3 is 19.5 Å². The highest BCUT2D eigenvalue weighted by Crippen LogP contribution is 2.38. The molecule has 2 aromatic rings.